The molecule has 2 nitrogen and oxygen atoms in total. The summed E-state index contributed by atoms with van der Waals surface area (Å²) in [6.45, 7) is 9.39. The van der Waals surface area contributed by atoms with Gasteiger partial charge >= 0.3 is 0 Å². The Kier molecular flexibility index (Phi) is 5.73. The van der Waals surface area contributed by atoms with E-state index in [2.05, 4.69) is 45.1 Å². The van der Waals surface area contributed by atoms with Gasteiger partial charge in [0.2, 0.25) is 0 Å². The normalized spacial score (nSPS) is 14.1. The summed E-state index contributed by atoms with van der Waals surface area (Å²) in [4.78, 5) is 0. The highest BCUT2D eigenvalue weighted by molar-refractivity contribution is 7.87. The van der Waals surface area contributed by atoms with Gasteiger partial charge in [-0.2, -0.15) is 0 Å². The summed E-state index contributed by atoms with van der Waals surface area (Å²) in [7, 11) is -0.950. The van der Waals surface area contributed by atoms with Crippen molar-refractivity contribution in [1.82, 2.24) is 5.32 Å². The van der Waals surface area contributed by atoms with Gasteiger partial charge < -0.3 is 5.32 Å². The van der Waals surface area contributed by atoms with Crippen LogP contribution < -0.4 is 5.32 Å². The molecule has 0 fully saturated rings. The third kappa shape index (κ3) is 4.02. The van der Waals surface area contributed by atoms with Crippen molar-refractivity contribution in [3.05, 3.63) is 51.9 Å². The number of aryl methyl sites for hydroxylation is 3. The fraction of sp³-hybridized carbons (Fsp3) is 0.412. The molecule has 0 amide bonds. The van der Waals surface area contributed by atoms with Crippen LogP contribution >= 0.6 is 11.3 Å². The lowest BCUT2D eigenvalue weighted by atomic mass is 9.95. The lowest BCUT2D eigenvalue weighted by Gasteiger charge is -2.22. The van der Waals surface area contributed by atoms with E-state index in [4.69, 9.17) is 0 Å². The maximum Gasteiger partial charge on any atom is 0.0911 e. The van der Waals surface area contributed by atoms with E-state index in [1.807, 2.05) is 17.5 Å². The Hall–Kier alpha value is -0.970. The first-order valence-corrected chi connectivity index (χ1v) is 9.45. The molecule has 114 valence electrons. The molecular formula is C17H23NOS2. The van der Waals surface area contributed by atoms with E-state index < -0.39 is 10.8 Å². The van der Waals surface area contributed by atoms with Crippen molar-refractivity contribution >= 4 is 22.1 Å². The number of rotatable bonds is 6. The van der Waals surface area contributed by atoms with Crippen LogP contribution in [0, 0.1) is 20.8 Å². The van der Waals surface area contributed by atoms with Crippen LogP contribution in [-0.2, 0) is 10.8 Å². The van der Waals surface area contributed by atoms with Crippen LogP contribution in [0.5, 0.6) is 0 Å². The van der Waals surface area contributed by atoms with Crippen LogP contribution in [0.3, 0.4) is 0 Å². The van der Waals surface area contributed by atoms with E-state index in [1.54, 1.807) is 11.3 Å². The van der Waals surface area contributed by atoms with E-state index in [1.165, 1.54) is 22.3 Å². The molecule has 1 N–H and O–H groups in total. The molecule has 2 unspecified atom stereocenters. The molecule has 1 aromatic carbocycles. The van der Waals surface area contributed by atoms with E-state index in [9.17, 15) is 4.21 Å². The molecule has 21 heavy (non-hydrogen) atoms. The van der Waals surface area contributed by atoms with Gasteiger partial charge in [-0.3, -0.25) is 4.21 Å². The molecule has 0 aliphatic heterocycles. The number of hydrogen-bond acceptors (Lipinski definition) is 3. The van der Waals surface area contributed by atoms with E-state index in [0.717, 1.165) is 10.8 Å². The van der Waals surface area contributed by atoms with Crippen molar-refractivity contribution in [3.63, 3.8) is 0 Å². The van der Waals surface area contributed by atoms with Crippen LogP contribution in [0.2, 0.25) is 0 Å². The average Bonchev–Trinajstić information content (AvgIpc) is 2.91. The number of thiophene rings is 1. The Balaban J connectivity index is 2.29. The van der Waals surface area contributed by atoms with Gasteiger partial charge in [0.15, 0.2) is 0 Å². The SMILES string of the molecule is CCNC(CS(=O)c1cccs1)c1c(C)cc(C)cc1C. The lowest BCUT2D eigenvalue weighted by Crippen LogP contribution is -2.27. The topological polar surface area (TPSA) is 29.1 Å². The zero-order valence-corrected chi connectivity index (χ0v) is 14.7. The van der Waals surface area contributed by atoms with Gasteiger partial charge in [-0.1, -0.05) is 30.7 Å². The summed E-state index contributed by atoms with van der Waals surface area (Å²) in [5.41, 5.74) is 5.14. The predicted octanol–water partition coefficient (Wildman–Crippen LogP) is 4.13. The zero-order chi connectivity index (χ0) is 15.4. The number of hydrogen-bond donors (Lipinski definition) is 1. The molecule has 0 saturated carbocycles. The number of benzene rings is 1. The average molecular weight is 322 g/mol. The Morgan fingerprint density at radius 1 is 1.24 bits per heavy atom. The fourth-order valence-electron chi connectivity index (χ4n) is 2.86. The molecule has 4 heteroatoms. The molecule has 1 heterocycles. The minimum atomic E-state index is -0.950. The highest BCUT2D eigenvalue weighted by atomic mass is 32.2. The second kappa shape index (κ2) is 7.34. The monoisotopic (exact) mass is 321 g/mol. The van der Waals surface area contributed by atoms with Gasteiger partial charge in [0, 0.05) is 11.8 Å². The molecule has 0 aliphatic carbocycles. The Morgan fingerprint density at radius 3 is 2.43 bits per heavy atom. The van der Waals surface area contributed by atoms with Crippen molar-refractivity contribution < 1.29 is 4.21 Å². The summed E-state index contributed by atoms with van der Waals surface area (Å²) in [6, 6.07) is 8.47. The molecule has 0 radical (unpaired) electrons. The molecule has 0 aliphatic rings. The van der Waals surface area contributed by atoms with Crippen LogP contribution in [-0.4, -0.2) is 16.5 Å². The smallest absolute Gasteiger partial charge is 0.0911 e. The van der Waals surface area contributed by atoms with Crippen molar-refractivity contribution in [2.75, 3.05) is 12.3 Å². The molecule has 0 bridgehead atoms. The van der Waals surface area contributed by atoms with Gasteiger partial charge in [0.25, 0.3) is 0 Å². The molecule has 2 rings (SSSR count). The minimum absolute atomic E-state index is 0.138. The van der Waals surface area contributed by atoms with Crippen molar-refractivity contribution in [2.45, 2.75) is 37.9 Å². The van der Waals surface area contributed by atoms with E-state index in [0.29, 0.717) is 5.75 Å². The maximum atomic E-state index is 12.5. The first-order chi connectivity index (χ1) is 10.0. The Labute approximate surface area is 134 Å². The van der Waals surface area contributed by atoms with Crippen molar-refractivity contribution in [2.24, 2.45) is 0 Å². The van der Waals surface area contributed by atoms with E-state index >= 15 is 0 Å². The molecule has 2 atom stereocenters. The first kappa shape index (κ1) is 16.4. The van der Waals surface area contributed by atoms with Crippen LogP contribution in [0.15, 0.2) is 33.9 Å². The lowest BCUT2D eigenvalue weighted by molar-refractivity contribution is 0.589. The largest absolute Gasteiger partial charge is 0.309 e. The Bertz CT molecular complexity index is 597. The molecule has 0 spiro atoms. The summed E-state index contributed by atoms with van der Waals surface area (Å²) in [6.07, 6.45) is 0. The van der Waals surface area contributed by atoms with Crippen molar-refractivity contribution in [3.8, 4) is 0 Å². The van der Waals surface area contributed by atoms with E-state index in [-0.39, 0.29) is 6.04 Å². The fourth-order valence-corrected chi connectivity index (χ4v) is 5.09. The molecular weight excluding hydrogens is 298 g/mol. The highest BCUT2D eigenvalue weighted by Gasteiger charge is 2.19. The second-order valence-electron chi connectivity index (χ2n) is 5.37. The summed E-state index contributed by atoms with van der Waals surface area (Å²) in [5, 5.41) is 5.49. The van der Waals surface area contributed by atoms with Gasteiger partial charge in [-0.05, 0) is 55.5 Å². The van der Waals surface area contributed by atoms with Crippen LogP contribution in [0.1, 0.15) is 35.2 Å². The maximum absolute atomic E-state index is 12.5. The minimum Gasteiger partial charge on any atom is -0.309 e. The van der Waals surface area contributed by atoms with Gasteiger partial charge in [-0.15, -0.1) is 11.3 Å². The summed E-state index contributed by atoms with van der Waals surface area (Å²) >= 11 is 1.57. The first-order valence-electron chi connectivity index (χ1n) is 7.26. The third-order valence-electron chi connectivity index (χ3n) is 3.57. The van der Waals surface area contributed by atoms with Gasteiger partial charge in [0.05, 0.1) is 15.0 Å². The second-order valence-corrected chi connectivity index (χ2v) is 8.04. The predicted molar refractivity (Wildman–Crippen MR) is 92.7 cm³/mol. The van der Waals surface area contributed by atoms with Crippen molar-refractivity contribution in [1.29, 1.82) is 0 Å². The molecule has 1 aromatic heterocycles. The standard InChI is InChI=1S/C17H23NOS2/c1-5-18-15(11-21(19)16-7-6-8-20-16)17-13(3)9-12(2)10-14(17)4/h6-10,15,18H,5,11H2,1-4H3. The zero-order valence-electron chi connectivity index (χ0n) is 13.1. The molecule has 0 saturated heterocycles. The van der Waals surface area contributed by atoms with Gasteiger partial charge in [-0.25, -0.2) is 0 Å². The van der Waals surface area contributed by atoms with Gasteiger partial charge in [0.1, 0.15) is 0 Å². The quantitative estimate of drug-likeness (QED) is 0.866. The molecule has 2 aromatic rings. The number of nitrogens with one attached hydrogen (secondary N) is 1. The summed E-state index contributed by atoms with van der Waals surface area (Å²) in [5.74, 6) is 0.624. The highest BCUT2D eigenvalue weighted by Crippen LogP contribution is 2.26. The van der Waals surface area contributed by atoms with Crippen LogP contribution in [0.4, 0.5) is 0 Å². The van der Waals surface area contributed by atoms with Crippen LogP contribution in [0.25, 0.3) is 0 Å². The Morgan fingerprint density at radius 2 is 1.90 bits per heavy atom. The summed E-state index contributed by atoms with van der Waals surface area (Å²) < 4.78 is 13.5. The third-order valence-corrected chi connectivity index (χ3v) is 6.30.